The molecule has 4 nitrogen and oxygen atoms in total. The Morgan fingerprint density at radius 1 is 1.00 bits per heavy atom. The molecular formula is C13H16N4. The Kier molecular flexibility index (Phi) is 2.78. The van der Waals surface area contributed by atoms with E-state index in [2.05, 4.69) is 39.5 Å². The molecule has 0 radical (unpaired) electrons. The molecule has 2 heterocycles. The molecule has 0 bridgehead atoms. The lowest BCUT2D eigenvalue weighted by Crippen LogP contribution is -2.29. The summed E-state index contributed by atoms with van der Waals surface area (Å²) < 4.78 is 1.80. The zero-order chi connectivity index (χ0) is 11.5. The molecule has 0 N–H and O–H groups in total. The summed E-state index contributed by atoms with van der Waals surface area (Å²) in [5.41, 5.74) is 2.36. The van der Waals surface area contributed by atoms with Gasteiger partial charge in [-0.25, -0.2) is 4.68 Å². The lowest BCUT2D eigenvalue weighted by Gasteiger charge is -2.29. The van der Waals surface area contributed by atoms with Crippen LogP contribution in [-0.4, -0.2) is 28.1 Å². The number of anilines is 1. The van der Waals surface area contributed by atoms with Gasteiger partial charge in [0.15, 0.2) is 0 Å². The molecule has 4 heteroatoms. The fourth-order valence-electron chi connectivity index (χ4n) is 2.33. The van der Waals surface area contributed by atoms with Gasteiger partial charge in [-0.2, -0.15) is 0 Å². The number of hydrogen-bond acceptors (Lipinski definition) is 3. The van der Waals surface area contributed by atoms with E-state index < -0.39 is 0 Å². The molecule has 0 saturated carbocycles. The first-order valence-corrected chi connectivity index (χ1v) is 6.15. The Morgan fingerprint density at radius 3 is 2.59 bits per heavy atom. The number of rotatable bonds is 2. The van der Waals surface area contributed by atoms with Gasteiger partial charge in [-0.1, -0.05) is 11.3 Å². The van der Waals surface area contributed by atoms with E-state index >= 15 is 0 Å². The van der Waals surface area contributed by atoms with Gasteiger partial charge in [0.25, 0.3) is 0 Å². The molecule has 1 aliphatic rings. The van der Waals surface area contributed by atoms with E-state index in [9.17, 15) is 0 Å². The van der Waals surface area contributed by atoms with E-state index in [1.807, 2.05) is 6.20 Å². The van der Waals surface area contributed by atoms with Crippen LogP contribution in [0.1, 0.15) is 19.3 Å². The molecule has 1 aliphatic heterocycles. The summed E-state index contributed by atoms with van der Waals surface area (Å²) >= 11 is 0. The van der Waals surface area contributed by atoms with Crippen molar-refractivity contribution in [2.45, 2.75) is 19.3 Å². The molecule has 0 aliphatic carbocycles. The van der Waals surface area contributed by atoms with Gasteiger partial charge in [0.2, 0.25) is 0 Å². The van der Waals surface area contributed by atoms with Crippen molar-refractivity contribution in [2.24, 2.45) is 0 Å². The Balaban J connectivity index is 1.88. The Labute approximate surface area is 101 Å². The summed E-state index contributed by atoms with van der Waals surface area (Å²) in [6, 6.07) is 8.49. The summed E-state index contributed by atoms with van der Waals surface area (Å²) in [4.78, 5) is 2.45. The maximum Gasteiger partial charge on any atom is 0.0697 e. The van der Waals surface area contributed by atoms with E-state index in [1.54, 1.807) is 10.9 Å². The van der Waals surface area contributed by atoms with Crippen molar-refractivity contribution in [1.82, 2.24) is 15.0 Å². The summed E-state index contributed by atoms with van der Waals surface area (Å²) in [5.74, 6) is 0. The van der Waals surface area contributed by atoms with Crippen molar-refractivity contribution in [1.29, 1.82) is 0 Å². The highest BCUT2D eigenvalue weighted by molar-refractivity contribution is 5.53. The monoisotopic (exact) mass is 228 g/mol. The number of aromatic nitrogens is 3. The molecule has 1 saturated heterocycles. The minimum Gasteiger partial charge on any atom is -0.371 e. The quantitative estimate of drug-likeness (QED) is 0.790. The Morgan fingerprint density at radius 2 is 1.82 bits per heavy atom. The highest BCUT2D eigenvalue weighted by Crippen LogP contribution is 2.21. The van der Waals surface area contributed by atoms with E-state index in [1.165, 1.54) is 38.0 Å². The average Bonchev–Trinajstić information content (AvgIpc) is 2.94. The topological polar surface area (TPSA) is 34.0 Å². The van der Waals surface area contributed by atoms with Crippen LogP contribution >= 0.6 is 0 Å². The Hall–Kier alpha value is -1.84. The first kappa shape index (κ1) is 10.3. The minimum absolute atomic E-state index is 1.07. The van der Waals surface area contributed by atoms with Crippen molar-refractivity contribution in [3.8, 4) is 5.69 Å². The van der Waals surface area contributed by atoms with E-state index in [4.69, 9.17) is 0 Å². The van der Waals surface area contributed by atoms with Crippen molar-refractivity contribution >= 4 is 5.69 Å². The predicted octanol–water partition coefficient (Wildman–Crippen LogP) is 2.26. The van der Waals surface area contributed by atoms with Crippen LogP contribution in [-0.2, 0) is 0 Å². The molecule has 1 fully saturated rings. The molecular weight excluding hydrogens is 212 g/mol. The minimum atomic E-state index is 1.07. The first-order chi connectivity index (χ1) is 8.43. The van der Waals surface area contributed by atoms with Crippen LogP contribution in [0.2, 0.25) is 0 Å². The largest absolute Gasteiger partial charge is 0.371 e. The molecule has 17 heavy (non-hydrogen) atoms. The zero-order valence-corrected chi connectivity index (χ0v) is 9.79. The molecule has 0 atom stereocenters. The van der Waals surface area contributed by atoms with Gasteiger partial charge in [-0.3, -0.25) is 0 Å². The molecule has 1 aromatic heterocycles. The predicted molar refractivity (Wildman–Crippen MR) is 67.4 cm³/mol. The molecule has 2 aromatic rings. The normalized spacial score (nSPS) is 16.1. The SMILES string of the molecule is c1cc(N2CCCCC2)cc(-n2ccnn2)c1. The van der Waals surface area contributed by atoms with Gasteiger partial charge in [0.05, 0.1) is 18.1 Å². The number of benzene rings is 1. The average molecular weight is 228 g/mol. The third kappa shape index (κ3) is 2.16. The lowest BCUT2D eigenvalue weighted by molar-refractivity contribution is 0.577. The lowest BCUT2D eigenvalue weighted by atomic mass is 10.1. The van der Waals surface area contributed by atoms with Crippen LogP contribution in [0.4, 0.5) is 5.69 Å². The third-order valence-electron chi connectivity index (χ3n) is 3.24. The van der Waals surface area contributed by atoms with Gasteiger partial charge in [-0.05, 0) is 37.5 Å². The summed E-state index contributed by atoms with van der Waals surface area (Å²) in [5, 5.41) is 7.86. The molecule has 1 aromatic carbocycles. The van der Waals surface area contributed by atoms with Crippen LogP contribution < -0.4 is 4.90 Å². The van der Waals surface area contributed by atoms with E-state index in [0.29, 0.717) is 0 Å². The van der Waals surface area contributed by atoms with Crippen LogP contribution in [0.25, 0.3) is 5.69 Å². The number of nitrogens with zero attached hydrogens (tertiary/aromatic N) is 4. The number of piperidine rings is 1. The molecule has 0 spiro atoms. The fourth-order valence-corrected chi connectivity index (χ4v) is 2.33. The van der Waals surface area contributed by atoms with Crippen molar-refractivity contribution in [3.05, 3.63) is 36.7 Å². The first-order valence-electron chi connectivity index (χ1n) is 6.15. The maximum absolute atomic E-state index is 4.02. The molecule has 0 unspecified atom stereocenters. The van der Waals surface area contributed by atoms with Gasteiger partial charge in [-0.15, -0.1) is 5.10 Å². The van der Waals surface area contributed by atoms with Gasteiger partial charge in [0.1, 0.15) is 0 Å². The van der Waals surface area contributed by atoms with Gasteiger partial charge in [0, 0.05) is 18.8 Å². The van der Waals surface area contributed by atoms with Crippen LogP contribution in [0, 0.1) is 0 Å². The second kappa shape index (κ2) is 4.57. The molecule has 0 amide bonds. The van der Waals surface area contributed by atoms with Crippen molar-refractivity contribution in [3.63, 3.8) is 0 Å². The highest BCUT2D eigenvalue weighted by Gasteiger charge is 2.11. The Bertz CT molecular complexity index is 472. The second-order valence-electron chi connectivity index (χ2n) is 4.42. The number of hydrogen-bond donors (Lipinski definition) is 0. The summed E-state index contributed by atoms with van der Waals surface area (Å²) in [6.07, 6.45) is 7.53. The van der Waals surface area contributed by atoms with E-state index in [0.717, 1.165) is 5.69 Å². The highest BCUT2D eigenvalue weighted by atomic mass is 15.4. The summed E-state index contributed by atoms with van der Waals surface area (Å²) in [7, 11) is 0. The standard InChI is InChI=1S/C13H16N4/c1-2-8-16(9-3-1)12-5-4-6-13(11-12)17-10-7-14-15-17/h4-7,10-11H,1-3,8-9H2. The molecule has 88 valence electrons. The van der Waals surface area contributed by atoms with Crippen LogP contribution in [0.5, 0.6) is 0 Å². The third-order valence-corrected chi connectivity index (χ3v) is 3.24. The maximum atomic E-state index is 4.02. The van der Waals surface area contributed by atoms with Gasteiger partial charge < -0.3 is 4.90 Å². The fraction of sp³-hybridized carbons (Fsp3) is 0.385. The van der Waals surface area contributed by atoms with Crippen molar-refractivity contribution in [2.75, 3.05) is 18.0 Å². The summed E-state index contributed by atoms with van der Waals surface area (Å²) in [6.45, 7) is 2.33. The van der Waals surface area contributed by atoms with Gasteiger partial charge >= 0.3 is 0 Å². The van der Waals surface area contributed by atoms with Crippen LogP contribution in [0.3, 0.4) is 0 Å². The second-order valence-corrected chi connectivity index (χ2v) is 4.42. The van der Waals surface area contributed by atoms with Crippen molar-refractivity contribution < 1.29 is 0 Å². The van der Waals surface area contributed by atoms with E-state index in [-0.39, 0.29) is 0 Å². The molecule has 3 rings (SSSR count). The van der Waals surface area contributed by atoms with Crippen LogP contribution in [0.15, 0.2) is 36.7 Å². The zero-order valence-electron chi connectivity index (χ0n) is 9.79. The smallest absolute Gasteiger partial charge is 0.0697 e.